The van der Waals surface area contributed by atoms with Gasteiger partial charge in [0, 0.05) is 50.7 Å². The molecule has 0 aliphatic carbocycles. The van der Waals surface area contributed by atoms with Crippen molar-refractivity contribution in [2.45, 2.75) is 6.92 Å². The smallest absolute Gasteiger partial charge is 0.262 e. The number of nitrogens with one attached hydrogen (secondary N) is 2. The van der Waals surface area contributed by atoms with Gasteiger partial charge < -0.3 is 25.2 Å². The second-order valence-corrected chi connectivity index (χ2v) is 7.02. The highest BCUT2D eigenvalue weighted by molar-refractivity contribution is 8.04. The summed E-state index contributed by atoms with van der Waals surface area (Å²) < 4.78 is 5.64. The van der Waals surface area contributed by atoms with E-state index in [0.29, 0.717) is 23.1 Å². The summed E-state index contributed by atoms with van der Waals surface area (Å²) in [6, 6.07) is 7.39. The number of piperazine rings is 1. The molecule has 1 aromatic rings. The van der Waals surface area contributed by atoms with Crippen LogP contribution in [-0.2, 0) is 9.59 Å². The Morgan fingerprint density at radius 1 is 1.38 bits per heavy atom. The summed E-state index contributed by atoms with van der Waals surface area (Å²) in [6.45, 7) is 5.81. The highest BCUT2D eigenvalue weighted by Crippen LogP contribution is 2.27. The van der Waals surface area contributed by atoms with Gasteiger partial charge in [-0.1, -0.05) is 17.8 Å². The fourth-order valence-corrected chi connectivity index (χ4v) is 3.73. The Hall–Kier alpha value is -2.19. The largest absolute Gasteiger partial charge is 0.484 e. The summed E-state index contributed by atoms with van der Waals surface area (Å²) in [4.78, 5) is 28.5. The van der Waals surface area contributed by atoms with E-state index in [2.05, 4.69) is 10.6 Å². The van der Waals surface area contributed by atoms with Gasteiger partial charge in [0.05, 0.1) is 10.8 Å². The first kappa shape index (κ1) is 18.6. The summed E-state index contributed by atoms with van der Waals surface area (Å²) >= 11 is 1.53. The van der Waals surface area contributed by atoms with Crippen molar-refractivity contribution in [1.82, 2.24) is 15.1 Å². The SMILES string of the molecule is CCN1CSC(=CNc2cccc(OCC(=O)N3CCNCC3)c2)C1=O. The van der Waals surface area contributed by atoms with Crippen molar-refractivity contribution in [1.29, 1.82) is 0 Å². The van der Waals surface area contributed by atoms with Crippen molar-refractivity contribution in [3.63, 3.8) is 0 Å². The maximum absolute atomic E-state index is 12.2. The van der Waals surface area contributed by atoms with Gasteiger partial charge in [0.1, 0.15) is 5.75 Å². The number of thioether (sulfide) groups is 1. The number of carbonyl (C=O) groups is 2. The highest BCUT2D eigenvalue weighted by Gasteiger charge is 2.25. The van der Waals surface area contributed by atoms with Crippen LogP contribution >= 0.6 is 11.8 Å². The molecule has 0 bridgehead atoms. The van der Waals surface area contributed by atoms with E-state index in [0.717, 1.165) is 31.9 Å². The quantitative estimate of drug-likeness (QED) is 0.729. The molecule has 0 radical (unpaired) electrons. The van der Waals surface area contributed by atoms with E-state index in [9.17, 15) is 9.59 Å². The first-order valence-electron chi connectivity index (χ1n) is 8.77. The molecule has 2 aliphatic heterocycles. The zero-order chi connectivity index (χ0) is 18.4. The van der Waals surface area contributed by atoms with Gasteiger partial charge in [-0.25, -0.2) is 0 Å². The molecule has 7 nitrogen and oxygen atoms in total. The number of ether oxygens (including phenoxy) is 1. The van der Waals surface area contributed by atoms with Crippen LogP contribution in [0, 0.1) is 0 Å². The Bertz CT molecular complexity index is 689. The molecule has 0 unspecified atom stereocenters. The van der Waals surface area contributed by atoms with E-state index in [4.69, 9.17) is 4.74 Å². The number of nitrogens with zero attached hydrogens (tertiary/aromatic N) is 2. The zero-order valence-corrected chi connectivity index (χ0v) is 15.7. The van der Waals surface area contributed by atoms with Gasteiger partial charge in [-0.2, -0.15) is 0 Å². The van der Waals surface area contributed by atoms with E-state index < -0.39 is 0 Å². The molecule has 3 rings (SSSR count). The number of rotatable bonds is 6. The lowest BCUT2D eigenvalue weighted by atomic mass is 10.3. The van der Waals surface area contributed by atoms with Gasteiger partial charge in [0.15, 0.2) is 6.61 Å². The van der Waals surface area contributed by atoms with Crippen LogP contribution in [0.25, 0.3) is 0 Å². The third-order valence-corrected chi connectivity index (χ3v) is 5.34. The van der Waals surface area contributed by atoms with E-state index in [1.54, 1.807) is 11.1 Å². The van der Waals surface area contributed by atoms with Crippen molar-refractivity contribution in [3.05, 3.63) is 35.4 Å². The van der Waals surface area contributed by atoms with Crippen LogP contribution in [0.1, 0.15) is 6.92 Å². The molecule has 2 N–H and O–H groups in total. The highest BCUT2D eigenvalue weighted by atomic mass is 32.2. The van der Waals surface area contributed by atoms with Gasteiger partial charge in [-0.3, -0.25) is 9.59 Å². The first-order chi connectivity index (χ1) is 12.7. The molecule has 1 aromatic carbocycles. The van der Waals surface area contributed by atoms with Crippen LogP contribution in [0.3, 0.4) is 0 Å². The standard InChI is InChI=1S/C18H24N4O3S/c1-2-21-13-26-16(18(21)24)11-20-14-4-3-5-15(10-14)25-12-17(23)22-8-6-19-7-9-22/h3-5,10-11,19-20H,2,6-9,12-13H2,1H3. The van der Waals surface area contributed by atoms with Crippen LogP contribution < -0.4 is 15.4 Å². The Morgan fingerprint density at radius 3 is 2.92 bits per heavy atom. The molecule has 0 atom stereocenters. The zero-order valence-electron chi connectivity index (χ0n) is 14.9. The lowest BCUT2D eigenvalue weighted by Crippen LogP contribution is -2.47. The second-order valence-electron chi connectivity index (χ2n) is 6.03. The summed E-state index contributed by atoms with van der Waals surface area (Å²) in [7, 11) is 0. The molecule has 26 heavy (non-hydrogen) atoms. The van der Waals surface area contributed by atoms with Crippen molar-refractivity contribution >= 4 is 29.3 Å². The molecule has 2 amide bonds. The average Bonchev–Trinajstić information content (AvgIpc) is 3.05. The number of hydrogen-bond acceptors (Lipinski definition) is 6. The molecular weight excluding hydrogens is 352 g/mol. The van der Waals surface area contributed by atoms with Gasteiger partial charge in [0.2, 0.25) is 0 Å². The molecular formula is C18H24N4O3S. The maximum Gasteiger partial charge on any atom is 0.262 e. The minimum Gasteiger partial charge on any atom is -0.484 e. The van der Waals surface area contributed by atoms with E-state index >= 15 is 0 Å². The molecule has 2 saturated heterocycles. The number of amides is 2. The van der Waals surface area contributed by atoms with Crippen LogP contribution in [0.4, 0.5) is 5.69 Å². The van der Waals surface area contributed by atoms with Crippen LogP contribution in [0.15, 0.2) is 35.4 Å². The van der Waals surface area contributed by atoms with Crippen molar-refractivity contribution in [2.24, 2.45) is 0 Å². The Morgan fingerprint density at radius 2 is 2.19 bits per heavy atom. The molecule has 8 heteroatoms. The lowest BCUT2D eigenvalue weighted by molar-refractivity contribution is -0.133. The topological polar surface area (TPSA) is 73.9 Å². The maximum atomic E-state index is 12.2. The normalized spacial score (nSPS) is 19.1. The summed E-state index contributed by atoms with van der Waals surface area (Å²) in [5, 5.41) is 6.36. The molecule has 2 heterocycles. The van der Waals surface area contributed by atoms with Crippen LogP contribution in [-0.4, -0.2) is 66.8 Å². The fraction of sp³-hybridized carbons (Fsp3) is 0.444. The predicted molar refractivity (Wildman–Crippen MR) is 103 cm³/mol. The predicted octanol–water partition coefficient (Wildman–Crippen LogP) is 1.30. The van der Waals surface area contributed by atoms with Crippen LogP contribution in [0.2, 0.25) is 0 Å². The van der Waals surface area contributed by atoms with Gasteiger partial charge >= 0.3 is 0 Å². The van der Waals surface area contributed by atoms with E-state index in [1.807, 2.05) is 36.1 Å². The Balaban J connectivity index is 1.53. The van der Waals surface area contributed by atoms with E-state index in [-0.39, 0.29) is 18.4 Å². The number of anilines is 1. The number of hydrogen-bond donors (Lipinski definition) is 2. The fourth-order valence-electron chi connectivity index (χ4n) is 2.74. The van der Waals surface area contributed by atoms with Crippen molar-refractivity contribution in [3.8, 4) is 5.75 Å². The summed E-state index contributed by atoms with van der Waals surface area (Å²) in [5.74, 6) is 1.37. The number of carbonyl (C=O) groups excluding carboxylic acids is 2. The average molecular weight is 376 g/mol. The summed E-state index contributed by atoms with van der Waals surface area (Å²) in [5.41, 5.74) is 0.813. The summed E-state index contributed by atoms with van der Waals surface area (Å²) in [6.07, 6.45) is 1.73. The lowest BCUT2D eigenvalue weighted by Gasteiger charge is -2.27. The molecule has 2 aliphatic rings. The van der Waals surface area contributed by atoms with Gasteiger partial charge in [-0.15, -0.1) is 0 Å². The monoisotopic (exact) mass is 376 g/mol. The first-order valence-corrected chi connectivity index (χ1v) is 9.76. The number of likely N-dealkylation sites (N-methyl/N-ethyl adjacent to an activating group) is 1. The van der Waals surface area contributed by atoms with Crippen molar-refractivity contribution < 1.29 is 14.3 Å². The Labute approximate surface area is 157 Å². The molecule has 0 aromatic heterocycles. The molecule has 0 spiro atoms. The molecule has 140 valence electrons. The minimum absolute atomic E-state index is 0.000380. The number of benzene rings is 1. The van der Waals surface area contributed by atoms with Gasteiger partial charge in [0.25, 0.3) is 11.8 Å². The molecule has 2 fully saturated rings. The Kier molecular flexibility index (Phi) is 6.40. The minimum atomic E-state index is -0.000380. The van der Waals surface area contributed by atoms with Crippen molar-refractivity contribution in [2.75, 3.05) is 50.5 Å². The van der Waals surface area contributed by atoms with Crippen LogP contribution in [0.5, 0.6) is 5.75 Å². The van der Waals surface area contributed by atoms with Gasteiger partial charge in [-0.05, 0) is 19.1 Å². The third kappa shape index (κ3) is 4.70. The van der Waals surface area contributed by atoms with E-state index in [1.165, 1.54) is 11.8 Å². The molecule has 0 saturated carbocycles. The third-order valence-electron chi connectivity index (χ3n) is 4.29. The second kappa shape index (κ2) is 8.95.